The van der Waals surface area contributed by atoms with E-state index in [0.717, 1.165) is 33.7 Å². The minimum absolute atomic E-state index is 0.866. The third-order valence-corrected chi connectivity index (χ3v) is 3.04. The van der Waals surface area contributed by atoms with Crippen LogP contribution < -0.4 is 0 Å². The summed E-state index contributed by atoms with van der Waals surface area (Å²) >= 11 is 0. The fraction of sp³-hybridized carbons (Fsp3) is 0. The first kappa shape index (κ1) is 12.8. The van der Waals surface area contributed by atoms with Crippen molar-refractivity contribution in [2.45, 2.75) is 0 Å². The van der Waals surface area contributed by atoms with Crippen LogP contribution >= 0.6 is 0 Å². The third kappa shape index (κ3) is 2.20. The summed E-state index contributed by atoms with van der Waals surface area (Å²) in [6.45, 7) is 15.2. The van der Waals surface area contributed by atoms with Crippen LogP contribution in [-0.4, -0.2) is 11.2 Å². The van der Waals surface area contributed by atoms with Gasteiger partial charge in [-0.05, 0) is 11.6 Å². The predicted molar refractivity (Wildman–Crippen MR) is 84.9 cm³/mol. The van der Waals surface area contributed by atoms with E-state index in [2.05, 4.69) is 36.3 Å². The Morgan fingerprint density at radius 1 is 1.00 bits per heavy atom. The number of H-pyrrole nitrogens is 1. The van der Waals surface area contributed by atoms with E-state index < -0.39 is 0 Å². The molecule has 2 heterocycles. The predicted octanol–water partition coefficient (Wildman–Crippen LogP) is 4.39. The Morgan fingerprint density at radius 2 is 1.79 bits per heavy atom. The number of hydrogen-bond acceptors (Lipinski definition) is 1. The van der Waals surface area contributed by atoms with E-state index in [1.807, 2.05) is 18.3 Å². The van der Waals surface area contributed by atoms with Crippen molar-refractivity contribution in [1.29, 1.82) is 0 Å². The highest BCUT2D eigenvalue weighted by Crippen LogP contribution is 2.27. The molecule has 1 aliphatic rings. The van der Waals surface area contributed by atoms with Crippen LogP contribution in [0.2, 0.25) is 0 Å². The minimum Gasteiger partial charge on any atom is -0.361 e. The van der Waals surface area contributed by atoms with E-state index in [1.165, 1.54) is 0 Å². The topological polar surface area (TPSA) is 28.1 Å². The lowest BCUT2D eigenvalue weighted by atomic mass is 10.1. The zero-order valence-corrected chi connectivity index (χ0v) is 10.8. The minimum atomic E-state index is 0.866. The zero-order chi connectivity index (χ0) is 13.8. The molecule has 1 aliphatic heterocycles. The number of aromatic nitrogens is 1. The van der Waals surface area contributed by atoms with Gasteiger partial charge in [0.1, 0.15) is 0 Å². The SMILES string of the molecule is C=CC1=C(C=C)/C(=C/c2[nH]cc(C=C)c2C=C)N=C1. The first-order chi connectivity index (χ1) is 9.24. The molecule has 0 bridgehead atoms. The van der Waals surface area contributed by atoms with Crippen LogP contribution in [0.3, 0.4) is 0 Å². The van der Waals surface area contributed by atoms with Gasteiger partial charge >= 0.3 is 0 Å². The lowest BCUT2D eigenvalue weighted by Crippen LogP contribution is -1.84. The Kier molecular flexibility index (Phi) is 3.62. The lowest BCUT2D eigenvalue weighted by Gasteiger charge is -2.00. The van der Waals surface area contributed by atoms with Crippen LogP contribution in [-0.2, 0) is 0 Å². The van der Waals surface area contributed by atoms with Crippen molar-refractivity contribution in [3.05, 3.63) is 78.3 Å². The summed E-state index contributed by atoms with van der Waals surface area (Å²) in [6.07, 6.45) is 12.9. The molecule has 0 aromatic carbocycles. The van der Waals surface area contributed by atoms with Crippen molar-refractivity contribution in [2.24, 2.45) is 4.99 Å². The van der Waals surface area contributed by atoms with Crippen LogP contribution in [0.5, 0.6) is 0 Å². The van der Waals surface area contributed by atoms with Crippen molar-refractivity contribution >= 4 is 24.4 Å². The van der Waals surface area contributed by atoms with Crippen LogP contribution in [0.4, 0.5) is 0 Å². The van der Waals surface area contributed by atoms with Gasteiger partial charge in [-0.25, -0.2) is 0 Å². The van der Waals surface area contributed by atoms with E-state index in [9.17, 15) is 0 Å². The maximum absolute atomic E-state index is 4.39. The highest BCUT2D eigenvalue weighted by molar-refractivity contribution is 5.92. The molecule has 2 nitrogen and oxygen atoms in total. The molecule has 19 heavy (non-hydrogen) atoms. The average Bonchev–Trinajstić information content (AvgIpc) is 3.01. The quantitative estimate of drug-likeness (QED) is 0.800. The molecular weight excluding hydrogens is 232 g/mol. The summed E-state index contributed by atoms with van der Waals surface area (Å²) in [5.41, 5.74) is 5.84. The first-order valence-electron chi connectivity index (χ1n) is 5.96. The Balaban J connectivity index is 2.51. The lowest BCUT2D eigenvalue weighted by molar-refractivity contribution is 1.34. The Morgan fingerprint density at radius 3 is 2.37 bits per heavy atom. The van der Waals surface area contributed by atoms with Gasteiger partial charge in [-0.3, -0.25) is 4.99 Å². The summed E-state index contributed by atoms with van der Waals surface area (Å²) in [5.74, 6) is 0. The van der Waals surface area contributed by atoms with Crippen LogP contribution in [0, 0.1) is 0 Å². The molecule has 1 aromatic heterocycles. The van der Waals surface area contributed by atoms with E-state index in [0.29, 0.717) is 0 Å². The van der Waals surface area contributed by atoms with Crippen molar-refractivity contribution in [1.82, 2.24) is 4.98 Å². The standard InChI is InChI=1S/C17H16N2/c1-5-12-10-18-16(14(12)7-3)9-17-15(8-4)13(6-2)11-19-17/h5-11,18H,1-4H2/b17-9-. The Bertz CT molecular complexity index is 649. The molecule has 0 atom stereocenters. The number of allylic oxidation sites excluding steroid dienone is 3. The van der Waals surface area contributed by atoms with Gasteiger partial charge in [-0.15, -0.1) is 0 Å². The van der Waals surface area contributed by atoms with E-state index in [4.69, 9.17) is 0 Å². The van der Waals surface area contributed by atoms with Gasteiger partial charge in [0.2, 0.25) is 0 Å². The average molecular weight is 248 g/mol. The van der Waals surface area contributed by atoms with Crippen LogP contribution in [0.25, 0.3) is 18.2 Å². The summed E-state index contributed by atoms with van der Waals surface area (Å²) in [5, 5.41) is 0. The fourth-order valence-corrected chi connectivity index (χ4v) is 2.05. The largest absolute Gasteiger partial charge is 0.361 e. The molecule has 94 valence electrons. The molecule has 0 fully saturated rings. The molecule has 0 amide bonds. The number of rotatable bonds is 5. The van der Waals surface area contributed by atoms with Gasteiger partial charge in [0, 0.05) is 34.8 Å². The van der Waals surface area contributed by atoms with Crippen LogP contribution in [0.1, 0.15) is 16.8 Å². The van der Waals surface area contributed by atoms with E-state index in [-0.39, 0.29) is 0 Å². The summed E-state index contributed by atoms with van der Waals surface area (Å²) in [4.78, 5) is 7.59. The monoisotopic (exact) mass is 248 g/mol. The summed E-state index contributed by atoms with van der Waals surface area (Å²) in [6, 6.07) is 0. The number of nitrogens with one attached hydrogen (secondary N) is 1. The number of nitrogens with zero attached hydrogens (tertiary/aromatic N) is 1. The highest BCUT2D eigenvalue weighted by atomic mass is 14.8. The van der Waals surface area contributed by atoms with Crippen molar-refractivity contribution in [2.75, 3.05) is 0 Å². The molecule has 0 unspecified atom stereocenters. The van der Waals surface area contributed by atoms with Crippen molar-refractivity contribution in [3.63, 3.8) is 0 Å². The number of aliphatic imine (C=N–C) groups is 1. The highest BCUT2D eigenvalue weighted by Gasteiger charge is 2.12. The van der Waals surface area contributed by atoms with Gasteiger partial charge in [-0.2, -0.15) is 0 Å². The Hall–Kier alpha value is -2.61. The van der Waals surface area contributed by atoms with Gasteiger partial charge in [0.05, 0.1) is 5.70 Å². The zero-order valence-electron chi connectivity index (χ0n) is 10.8. The fourth-order valence-electron chi connectivity index (χ4n) is 2.05. The molecule has 2 rings (SSSR count). The normalized spacial score (nSPS) is 15.9. The van der Waals surface area contributed by atoms with Gasteiger partial charge in [-0.1, -0.05) is 50.6 Å². The first-order valence-corrected chi connectivity index (χ1v) is 5.96. The second-order valence-corrected chi connectivity index (χ2v) is 4.04. The molecule has 0 aliphatic carbocycles. The van der Waals surface area contributed by atoms with E-state index in [1.54, 1.807) is 24.4 Å². The Labute approximate surface area is 113 Å². The number of hydrogen-bond donors (Lipinski definition) is 1. The maximum Gasteiger partial charge on any atom is 0.0729 e. The van der Waals surface area contributed by atoms with Crippen molar-refractivity contribution < 1.29 is 0 Å². The molecule has 0 spiro atoms. The molecule has 2 heteroatoms. The molecule has 0 radical (unpaired) electrons. The third-order valence-electron chi connectivity index (χ3n) is 3.04. The molecule has 1 aromatic rings. The van der Waals surface area contributed by atoms with Crippen LogP contribution in [0.15, 0.2) is 66.5 Å². The van der Waals surface area contributed by atoms with E-state index >= 15 is 0 Å². The number of aromatic amines is 1. The smallest absolute Gasteiger partial charge is 0.0729 e. The molecule has 1 N–H and O–H groups in total. The maximum atomic E-state index is 4.39. The van der Waals surface area contributed by atoms with Crippen molar-refractivity contribution in [3.8, 4) is 0 Å². The van der Waals surface area contributed by atoms with Gasteiger partial charge in [0.25, 0.3) is 0 Å². The van der Waals surface area contributed by atoms with Gasteiger partial charge in [0.15, 0.2) is 0 Å². The molecule has 0 saturated carbocycles. The summed E-state index contributed by atoms with van der Waals surface area (Å²) < 4.78 is 0. The van der Waals surface area contributed by atoms with Gasteiger partial charge < -0.3 is 4.98 Å². The summed E-state index contributed by atoms with van der Waals surface area (Å²) in [7, 11) is 0. The molecule has 0 saturated heterocycles. The second kappa shape index (κ2) is 5.36. The molecular formula is C17H16N2. The second-order valence-electron chi connectivity index (χ2n) is 4.04.